The SMILES string of the molecule is [C-]#[N+]C1=C(C)N(c2cccc(C(F)(F)F)c2)C(=O)N(S(=O)(=O)c2ccccc2F)[C@@H]1c1ccc(C#N)cc1S(C)(=O)=O. The lowest BCUT2D eigenvalue weighted by atomic mass is 9.98. The quantitative estimate of drug-likeness (QED) is 0.270. The Kier molecular flexibility index (Phi) is 7.62. The minimum absolute atomic E-state index is 0.0715. The molecule has 0 bridgehead atoms. The summed E-state index contributed by atoms with van der Waals surface area (Å²) in [5.41, 5.74) is -3.03. The van der Waals surface area contributed by atoms with Crippen molar-refractivity contribution in [3.8, 4) is 6.07 Å². The van der Waals surface area contributed by atoms with Crippen molar-refractivity contribution in [1.29, 1.82) is 5.26 Å². The van der Waals surface area contributed by atoms with Crippen LogP contribution in [0.5, 0.6) is 0 Å². The van der Waals surface area contributed by atoms with Gasteiger partial charge in [-0.05, 0) is 55.0 Å². The topological polar surface area (TPSA) is 120 Å². The maximum atomic E-state index is 14.9. The summed E-state index contributed by atoms with van der Waals surface area (Å²) >= 11 is 0. The molecule has 15 heteroatoms. The van der Waals surface area contributed by atoms with Gasteiger partial charge in [-0.3, -0.25) is 4.90 Å². The molecule has 0 aliphatic carbocycles. The second kappa shape index (κ2) is 10.6. The minimum atomic E-state index is -5.26. The number of hydrogen-bond acceptors (Lipinski definition) is 6. The Balaban J connectivity index is 2.13. The fourth-order valence-corrected chi connectivity index (χ4v) is 6.97. The van der Waals surface area contributed by atoms with E-state index >= 15 is 0 Å². The molecule has 0 unspecified atom stereocenters. The van der Waals surface area contributed by atoms with Crippen LogP contribution < -0.4 is 4.90 Å². The second-order valence-electron chi connectivity index (χ2n) is 9.02. The predicted molar refractivity (Wildman–Crippen MR) is 141 cm³/mol. The van der Waals surface area contributed by atoms with Crippen LogP contribution >= 0.6 is 0 Å². The van der Waals surface area contributed by atoms with Crippen LogP contribution in [0.1, 0.15) is 29.7 Å². The van der Waals surface area contributed by atoms with Crippen molar-refractivity contribution in [3.05, 3.63) is 112 Å². The zero-order valence-corrected chi connectivity index (χ0v) is 23.2. The van der Waals surface area contributed by atoms with Gasteiger partial charge in [0.05, 0.1) is 28.7 Å². The van der Waals surface area contributed by atoms with Gasteiger partial charge in [-0.15, -0.1) is 0 Å². The molecule has 2 amide bonds. The molecule has 216 valence electrons. The number of sulfone groups is 1. The minimum Gasteiger partial charge on any atom is -0.277 e. The van der Waals surface area contributed by atoms with Crippen molar-refractivity contribution in [1.82, 2.24) is 4.31 Å². The Bertz CT molecular complexity index is 1960. The van der Waals surface area contributed by atoms with E-state index in [1.807, 2.05) is 0 Å². The monoisotopic (exact) mass is 618 g/mol. The average molecular weight is 619 g/mol. The van der Waals surface area contributed by atoms with Crippen molar-refractivity contribution < 1.29 is 39.2 Å². The smallest absolute Gasteiger partial charge is 0.277 e. The maximum Gasteiger partial charge on any atom is 0.416 e. The van der Waals surface area contributed by atoms with E-state index < -0.39 is 76.2 Å². The number of alkyl halides is 3. The average Bonchev–Trinajstić information content (AvgIpc) is 2.91. The van der Waals surface area contributed by atoms with Crippen LogP contribution in [0.25, 0.3) is 4.85 Å². The van der Waals surface area contributed by atoms with Gasteiger partial charge in [-0.25, -0.2) is 35.2 Å². The number of rotatable bonds is 5. The lowest BCUT2D eigenvalue weighted by Gasteiger charge is -2.41. The van der Waals surface area contributed by atoms with Crippen LogP contribution in [0.2, 0.25) is 0 Å². The predicted octanol–water partition coefficient (Wildman–Crippen LogP) is 5.64. The highest BCUT2D eigenvalue weighted by molar-refractivity contribution is 7.91. The number of nitrogens with zero attached hydrogens (tertiary/aromatic N) is 4. The number of sulfonamides is 1. The Hall–Kier alpha value is -4.73. The molecule has 1 aliphatic heterocycles. The van der Waals surface area contributed by atoms with Crippen LogP contribution in [0.15, 0.2) is 87.9 Å². The molecular weight excluding hydrogens is 600 g/mol. The largest absolute Gasteiger partial charge is 0.416 e. The Morgan fingerprint density at radius 1 is 0.976 bits per heavy atom. The molecule has 0 spiro atoms. The molecule has 0 radical (unpaired) electrons. The number of carbonyl (C=O) groups is 1. The molecule has 3 aromatic carbocycles. The van der Waals surface area contributed by atoms with Gasteiger partial charge in [-0.2, -0.15) is 18.4 Å². The number of halogens is 4. The third-order valence-electron chi connectivity index (χ3n) is 6.34. The number of benzene rings is 3. The van der Waals surface area contributed by atoms with Gasteiger partial charge in [0, 0.05) is 17.6 Å². The van der Waals surface area contributed by atoms with Crippen LogP contribution in [-0.4, -0.2) is 33.4 Å². The zero-order chi connectivity index (χ0) is 31.2. The summed E-state index contributed by atoms with van der Waals surface area (Å²) in [5, 5.41) is 9.32. The standard InChI is InChI=1S/C27H18F4N4O5S2/c1-16-24(33-2)25(20-12-11-17(15-32)13-23(20)41(3,37)38)35(42(39,40)22-10-5-4-9-21(22)28)26(36)34(16)19-8-6-7-18(14-19)27(29,30)31/h4-14,25H,1,3H3/t25-/m1/s1. The third-order valence-corrected chi connectivity index (χ3v) is 9.27. The number of carbonyl (C=O) groups excluding carboxylic acids is 1. The van der Waals surface area contributed by atoms with Gasteiger partial charge in [0.15, 0.2) is 9.84 Å². The van der Waals surface area contributed by atoms with E-state index in [1.165, 1.54) is 13.0 Å². The van der Waals surface area contributed by atoms with Crippen LogP contribution in [0.3, 0.4) is 0 Å². The Morgan fingerprint density at radius 3 is 2.21 bits per heavy atom. The highest BCUT2D eigenvalue weighted by Crippen LogP contribution is 2.45. The van der Waals surface area contributed by atoms with E-state index in [2.05, 4.69) is 4.85 Å². The lowest BCUT2D eigenvalue weighted by molar-refractivity contribution is -0.137. The van der Waals surface area contributed by atoms with E-state index in [9.17, 15) is 44.5 Å². The van der Waals surface area contributed by atoms with Crippen LogP contribution in [-0.2, 0) is 26.0 Å². The molecule has 0 fully saturated rings. The number of hydrogen-bond donors (Lipinski definition) is 0. The molecule has 0 saturated heterocycles. The van der Waals surface area contributed by atoms with E-state index in [4.69, 9.17) is 6.57 Å². The number of urea groups is 1. The Labute approximate surface area is 238 Å². The first-order valence-electron chi connectivity index (χ1n) is 11.7. The molecule has 1 heterocycles. The van der Waals surface area contributed by atoms with Gasteiger partial charge in [0.2, 0.25) is 5.70 Å². The van der Waals surface area contributed by atoms with Crippen LogP contribution in [0.4, 0.5) is 28.0 Å². The van der Waals surface area contributed by atoms with E-state index in [1.54, 1.807) is 6.07 Å². The zero-order valence-electron chi connectivity index (χ0n) is 21.6. The first-order valence-corrected chi connectivity index (χ1v) is 15.0. The molecule has 4 rings (SSSR count). The number of allylic oxidation sites excluding steroid dienone is 1. The lowest BCUT2D eigenvalue weighted by Crippen LogP contribution is -2.52. The first kappa shape index (κ1) is 30.2. The fourth-order valence-electron chi connectivity index (χ4n) is 4.47. The van der Waals surface area contributed by atoms with Gasteiger partial charge >= 0.3 is 12.2 Å². The van der Waals surface area contributed by atoms with Gasteiger partial charge in [0.25, 0.3) is 10.0 Å². The highest BCUT2D eigenvalue weighted by Gasteiger charge is 2.49. The van der Waals surface area contributed by atoms with Gasteiger partial charge < -0.3 is 0 Å². The highest BCUT2D eigenvalue weighted by atomic mass is 32.2. The van der Waals surface area contributed by atoms with E-state index in [0.29, 0.717) is 11.0 Å². The number of amides is 2. The molecule has 42 heavy (non-hydrogen) atoms. The van der Waals surface area contributed by atoms with E-state index in [0.717, 1.165) is 60.9 Å². The van der Waals surface area contributed by atoms with Crippen molar-refractivity contribution >= 4 is 31.6 Å². The summed E-state index contributed by atoms with van der Waals surface area (Å²) in [7, 11) is -9.49. The number of nitriles is 1. The summed E-state index contributed by atoms with van der Waals surface area (Å²) in [6.45, 7) is 9.04. The van der Waals surface area contributed by atoms with Crippen molar-refractivity contribution in [2.75, 3.05) is 11.2 Å². The second-order valence-corrected chi connectivity index (χ2v) is 12.8. The van der Waals surface area contributed by atoms with Crippen molar-refractivity contribution in [2.45, 2.75) is 28.9 Å². The normalized spacial score (nSPS) is 16.3. The van der Waals surface area contributed by atoms with Gasteiger partial charge in [-0.1, -0.05) is 24.3 Å². The van der Waals surface area contributed by atoms with Crippen LogP contribution in [0, 0.1) is 23.7 Å². The third kappa shape index (κ3) is 5.20. The van der Waals surface area contributed by atoms with E-state index in [-0.39, 0.29) is 15.6 Å². The Morgan fingerprint density at radius 2 is 1.64 bits per heavy atom. The first-order chi connectivity index (χ1) is 19.5. The summed E-state index contributed by atoms with van der Waals surface area (Å²) in [6.07, 6.45) is -4.08. The molecule has 0 N–H and O–H groups in total. The fraction of sp³-hybridized carbons (Fsp3) is 0.148. The molecule has 3 aromatic rings. The van der Waals surface area contributed by atoms with Crippen molar-refractivity contribution in [3.63, 3.8) is 0 Å². The molecular formula is C27H18F4N4O5S2. The maximum absolute atomic E-state index is 14.9. The summed E-state index contributed by atoms with van der Waals surface area (Å²) in [6, 6.07) is 8.67. The van der Waals surface area contributed by atoms with Crippen molar-refractivity contribution in [2.24, 2.45) is 0 Å². The summed E-state index contributed by atoms with van der Waals surface area (Å²) < 4.78 is 109. The van der Waals surface area contributed by atoms with Gasteiger partial charge in [0.1, 0.15) is 16.8 Å². The summed E-state index contributed by atoms with van der Waals surface area (Å²) in [5.74, 6) is -1.28. The molecule has 0 aromatic heterocycles. The number of anilines is 1. The molecule has 1 aliphatic rings. The molecule has 1 atom stereocenters. The molecule has 0 saturated carbocycles. The summed E-state index contributed by atoms with van der Waals surface area (Å²) in [4.78, 5) is 16.4. The molecule has 9 nitrogen and oxygen atoms in total.